The maximum atomic E-state index is 12.8. The molecule has 1 aromatic carbocycles. The van der Waals surface area contributed by atoms with Gasteiger partial charge in [0, 0.05) is 21.9 Å². The van der Waals surface area contributed by atoms with Crippen molar-refractivity contribution in [2.45, 2.75) is 6.18 Å². The van der Waals surface area contributed by atoms with Gasteiger partial charge < -0.3 is 11.1 Å². The molecule has 1 aromatic heterocycles. The van der Waals surface area contributed by atoms with Crippen LogP contribution in [0, 0.1) is 0 Å². The number of nitrogens with zero attached hydrogens (tertiary/aromatic N) is 1. The standard InChI is InChI=1S/C13H9BrF3N3S/c14-10-2-1-8(6-9(10)13(15,16)17)20-11-5-7(12(18)21)3-4-19-11/h1-6H,(H2,18,21)(H,19,20). The van der Waals surface area contributed by atoms with Gasteiger partial charge >= 0.3 is 6.18 Å². The van der Waals surface area contributed by atoms with Crippen molar-refractivity contribution in [2.24, 2.45) is 5.73 Å². The number of aromatic nitrogens is 1. The fraction of sp³-hybridized carbons (Fsp3) is 0.0769. The van der Waals surface area contributed by atoms with Crippen LogP contribution in [0.2, 0.25) is 0 Å². The number of benzene rings is 1. The third kappa shape index (κ3) is 3.92. The summed E-state index contributed by atoms with van der Waals surface area (Å²) in [5.41, 5.74) is 5.57. The molecule has 0 radical (unpaired) electrons. The van der Waals surface area contributed by atoms with Gasteiger partial charge in [-0.15, -0.1) is 0 Å². The van der Waals surface area contributed by atoms with Crippen LogP contribution in [0.3, 0.4) is 0 Å². The first-order chi connectivity index (χ1) is 9.77. The van der Waals surface area contributed by atoms with Crippen LogP contribution < -0.4 is 11.1 Å². The normalized spacial score (nSPS) is 11.2. The van der Waals surface area contributed by atoms with Gasteiger partial charge in [-0.05, 0) is 30.3 Å². The highest BCUT2D eigenvalue weighted by Crippen LogP contribution is 2.36. The van der Waals surface area contributed by atoms with Crippen molar-refractivity contribution in [3.8, 4) is 0 Å². The van der Waals surface area contributed by atoms with Crippen molar-refractivity contribution in [1.82, 2.24) is 4.98 Å². The number of nitrogens with two attached hydrogens (primary N) is 1. The minimum Gasteiger partial charge on any atom is -0.389 e. The van der Waals surface area contributed by atoms with E-state index in [0.717, 1.165) is 6.07 Å². The number of anilines is 2. The number of rotatable bonds is 3. The van der Waals surface area contributed by atoms with Gasteiger partial charge in [-0.3, -0.25) is 0 Å². The zero-order valence-corrected chi connectivity index (χ0v) is 12.8. The van der Waals surface area contributed by atoms with Crippen LogP contribution in [0.4, 0.5) is 24.7 Å². The zero-order valence-electron chi connectivity index (χ0n) is 10.4. The van der Waals surface area contributed by atoms with Crippen LogP contribution in [0.15, 0.2) is 41.0 Å². The molecule has 0 saturated carbocycles. The van der Waals surface area contributed by atoms with E-state index in [1.165, 1.54) is 18.3 Å². The molecule has 1 heterocycles. The third-order valence-corrected chi connectivity index (χ3v) is 3.52. The first-order valence-electron chi connectivity index (χ1n) is 5.67. The first-order valence-corrected chi connectivity index (χ1v) is 6.87. The maximum absolute atomic E-state index is 12.8. The highest BCUT2D eigenvalue weighted by Gasteiger charge is 2.33. The van der Waals surface area contributed by atoms with E-state index in [0.29, 0.717) is 11.4 Å². The number of hydrogen-bond acceptors (Lipinski definition) is 3. The predicted octanol–water partition coefficient (Wildman–Crippen LogP) is 4.24. The summed E-state index contributed by atoms with van der Waals surface area (Å²) < 4.78 is 38.5. The van der Waals surface area contributed by atoms with Crippen molar-refractivity contribution in [2.75, 3.05) is 5.32 Å². The summed E-state index contributed by atoms with van der Waals surface area (Å²) >= 11 is 7.73. The van der Waals surface area contributed by atoms with Crippen molar-refractivity contribution >= 4 is 44.6 Å². The number of hydrogen-bond donors (Lipinski definition) is 2. The van der Waals surface area contributed by atoms with Gasteiger partial charge in [0.2, 0.25) is 0 Å². The summed E-state index contributed by atoms with van der Waals surface area (Å²) in [4.78, 5) is 4.20. The topological polar surface area (TPSA) is 50.9 Å². The van der Waals surface area contributed by atoms with Crippen molar-refractivity contribution in [3.63, 3.8) is 0 Å². The number of halogens is 4. The second-order valence-corrected chi connectivity index (χ2v) is 5.41. The minimum atomic E-state index is -4.44. The number of pyridine rings is 1. The molecule has 0 aliphatic rings. The molecule has 21 heavy (non-hydrogen) atoms. The molecule has 0 saturated heterocycles. The summed E-state index contributed by atoms with van der Waals surface area (Å²) in [6.45, 7) is 0. The molecule has 2 rings (SSSR count). The van der Waals surface area contributed by atoms with Crippen LogP contribution in [-0.4, -0.2) is 9.97 Å². The lowest BCUT2D eigenvalue weighted by molar-refractivity contribution is -0.138. The SMILES string of the molecule is NC(=S)c1ccnc(Nc2ccc(Br)c(C(F)(F)F)c2)c1. The van der Waals surface area contributed by atoms with Crippen molar-refractivity contribution < 1.29 is 13.2 Å². The van der Waals surface area contributed by atoms with E-state index < -0.39 is 11.7 Å². The van der Waals surface area contributed by atoms with Crippen molar-refractivity contribution in [1.29, 1.82) is 0 Å². The van der Waals surface area contributed by atoms with Gasteiger partial charge in [0.05, 0.1) is 5.56 Å². The van der Waals surface area contributed by atoms with Crippen LogP contribution in [-0.2, 0) is 6.18 Å². The van der Waals surface area contributed by atoms with Crippen LogP contribution in [0.5, 0.6) is 0 Å². The second-order valence-electron chi connectivity index (χ2n) is 4.11. The second kappa shape index (κ2) is 5.98. The molecule has 0 bridgehead atoms. The summed E-state index contributed by atoms with van der Waals surface area (Å²) in [5.74, 6) is 0.357. The van der Waals surface area contributed by atoms with E-state index in [9.17, 15) is 13.2 Å². The van der Waals surface area contributed by atoms with Gasteiger partial charge in [0.1, 0.15) is 10.8 Å². The minimum absolute atomic E-state index is 0.0228. The third-order valence-electron chi connectivity index (χ3n) is 2.59. The summed E-state index contributed by atoms with van der Waals surface area (Å²) in [6.07, 6.45) is -2.97. The van der Waals surface area contributed by atoms with E-state index in [1.54, 1.807) is 12.1 Å². The molecule has 3 nitrogen and oxygen atoms in total. The van der Waals surface area contributed by atoms with Gasteiger partial charge in [0.25, 0.3) is 0 Å². The fourth-order valence-corrected chi connectivity index (χ4v) is 2.22. The number of alkyl halides is 3. The predicted molar refractivity (Wildman–Crippen MR) is 82.6 cm³/mol. The van der Waals surface area contributed by atoms with E-state index in [1.807, 2.05) is 0 Å². The van der Waals surface area contributed by atoms with E-state index in [-0.39, 0.29) is 15.1 Å². The lowest BCUT2D eigenvalue weighted by Crippen LogP contribution is -2.10. The Labute approximate surface area is 132 Å². The Kier molecular flexibility index (Phi) is 4.48. The summed E-state index contributed by atoms with van der Waals surface area (Å²) in [6, 6.07) is 7.02. The summed E-state index contributed by atoms with van der Waals surface area (Å²) in [5, 5.41) is 2.79. The highest BCUT2D eigenvalue weighted by atomic mass is 79.9. The molecule has 0 atom stereocenters. The van der Waals surface area contributed by atoms with Gasteiger partial charge in [0.15, 0.2) is 0 Å². The molecular weight excluding hydrogens is 367 g/mol. The molecular formula is C13H9BrF3N3S. The van der Waals surface area contributed by atoms with E-state index >= 15 is 0 Å². The molecule has 0 aliphatic carbocycles. The van der Waals surface area contributed by atoms with Crippen LogP contribution in [0.25, 0.3) is 0 Å². The molecule has 0 fully saturated rings. The van der Waals surface area contributed by atoms with Gasteiger partial charge in [-0.25, -0.2) is 4.98 Å². The molecule has 3 N–H and O–H groups in total. The lowest BCUT2D eigenvalue weighted by atomic mass is 10.2. The molecule has 110 valence electrons. The Hall–Kier alpha value is -1.67. The average Bonchev–Trinajstić information content (AvgIpc) is 2.40. The largest absolute Gasteiger partial charge is 0.417 e. The first kappa shape index (κ1) is 15.7. The highest BCUT2D eigenvalue weighted by molar-refractivity contribution is 9.10. The van der Waals surface area contributed by atoms with Crippen LogP contribution in [0.1, 0.15) is 11.1 Å². The number of thiocarbonyl (C=S) groups is 1. The Morgan fingerprint density at radius 1 is 1.24 bits per heavy atom. The summed E-state index contributed by atoms with van der Waals surface area (Å²) in [7, 11) is 0. The van der Waals surface area contributed by atoms with Gasteiger partial charge in [-0.2, -0.15) is 13.2 Å². The molecule has 2 aromatic rings. The number of nitrogens with one attached hydrogen (secondary N) is 1. The fourth-order valence-electron chi connectivity index (χ4n) is 1.62. The van der Waals surface area contributed by atoms with Crippen LogP contribution >= 0.6 is 28.1 Å². The van der Waals surface area contributed by atoms with Gasteiger partial charge in [-0.1, -0.05) is 28.1 Å². The Bertz CT molecular complexity index is 689. The maximum Gasteiger partial charge on any atom is 0.417 e. The molecule has 0 spiro atoms. The quantitative estimate of drug-likeness (QED) is 0.787. The Balaban J connectivity index is 2.32. The average molecular weight is 376 g/mol. The molecule has 0 unspecified atom stereocenters. The van der Waals surface area contributed by atoms with E-state index in [4.69, 9.17) is 18.0 Å². The lowest BCUT2D eigenvalue weighted by Gasteiger charge is -2.12. The van der Waals surface area contributed by atoms with Crippen molar-refractivity contribution in [3.05, 3.63) is 52.1 Å². The molecule has 8 heteroatoms. The zero-order chi connectivity index (χ0) is 15.6. The Morgan fingerprint density at radius 2 is 1.95 bits per heavy atom. The molecule has 0 amide bonds. The molecule has 0 aliphatic heterocycles. The monoisotopic (exact) mass is 375 g/mol. The smallest absolute Gasteiger partial charge is 0.389 e. The van der Waals surface area contributed by atoms with E-state index in [2.05, 4.69) is 26.2 Å². The Morgan fingerprint density at radius 3 is 2.57 bits per heavy atom.